The highest BCUT2D eigenvalue weighted by Crippen LogP contribution is 2.26. The van der Waals surface area contributed by atoms with Gasteiger partial charge in [-0.1, -0.05) is 18.2 Å². The zero-order valence-corrected chi connectivity index (χ0v) is 23.0. The lowest BCUT2D eigenvalue weighted by Crippen LogP contribution is -2.45. The molecule has 0 spiro atoms. The predicted molar refractivity (Wildman–Crippen MR) is 155 cm³/mol. The van der Waals surface area contributed by atoms with Gasteiger partial charge in [-0.3, -0.25) is 14.9 Å². The van der Waals surface area contributed by atoms with Crippen molar-refractivity contribution >= 4 is 38.5 Å². The Morgan fingerprint density at radius 3 is 2.55 bits per heavy atom. The fourth-order valence-electron chi connectivity index (χ4n) is 5.03. The number of likely N-dealkylation sites (tertiary alicyclic amines) is 1. The summed E-state index contributed by atoms with van der Waals surface area (Å²) in [5.74, 6) is 0.402. The highest BCUT2D eigenvalue weighted by molar-refractivity contribution is 7.90. The molecule has 4 heterocycles. The Morgan fingerprint density at radius 2 is 1.79 bits per heavy atom. The van der Waals surface area contributed by atoms with Crippen molar-refractivity contribution in [2.24, 2.45) is 0 Å². The van der Waals surface area contributed by atoms with Crippen LogP contribution in [0.4, 0.5) is 11.5 Å². The monoisotopic (exact) mass is 583 g/mol. The number of nitrogens with one attached hydrogen (secondary N) is 1. The van der Waals surface area contributed by atoms with Crippen LogP contribution in [0.1, 0.15) is 23.2 Å². The Hall–Kier alpha value is -5.17. The van der Waals surface area contributed by atoms with Crippen molar-refractivity contribution in [2.45, 2.75) is 23.8 Å². The molecule has 3 aromatic heterocycles. The van der Waals surface area contributed by atoms with Crippen LogP contribution in [0.15, 0.2) is 96.4 Å². The molecule has 0 bridgehead atoms. The lowest BCUT2D eigenvalue weighted by molar-refractivity contribution is -0.384. The second-order valence-corrected chi connectivity index (χ2v) is 11.7. The van der Waals surface area contributed by atoms with Gasteiger partial charge in [-0.25, -0.2) is 27.3 Å². The van der Waals surface area contributed by atoms with Crippen LogP contribution in [0.25, 0.3) is 22.3 Å². The summed E-state index contributed by atoms with van der Waals surface area (Å²) in [5.41, 5.74) is 1.96. The van der Waals surface area contributed by atoms with Crippen molar-refractivity contribution in [1.29, 1.82) is 0 Å². The molecule has 1 saturated heterocycles. The smallest absolute Gasteiger partial charge is 0.269 e. The van der Waals surface area contributed by atoms with Crippen molar-refractivity contribution < 1.29 is 18.1 Å². The van der Waals surface area contributed by atoms with Gasteiger partial charge in [-0.2, -0.15) is 0 Å². The number of anilines is 1. The van der Waals surface area contributed by atoms with Crippen LogP contribution in [-0.2, 0) is 10.0 Å². The molecule has 1 fully saturated rings. The van der Waals surface area contributed by atoms with E-state index in [1.165, 1.54) is 40.8 Å². The SMILES string of the molecule is O=C(c1ccc([N+](=O)[O-])cc1)N1CCCC(Nc2cc(-c3cnc4c(ccn4S(=O)(=O)c4ccccc4)c3)ncn2)C1. The maximum Gasteiger partial charge on any atom is 0.269 e. The van der Waals surface area contributed by atoms with Gasteiger partial charge in [0, 0.05) is 66.2 Å². The van der Waals surface area contributed by atoms with Gasteiger partial charge in [0.2, 0.25) is 0 Å². The third kappa shape index (κ3) is 5.29. The number of nitrogens with zero attached hydrogens (tertiary/aromatic N) is 6. The lowest BCUT2D eigenvalue weighted by atomic mass is 10.0. The molecule has 12 nitrogen and oxygen atoms in total. The number of carbonyl (C=O) groups excluding carboxylic acids is 1. The molecule has 1 unspecified atom stereocenters. The number of carbonyl (C=O) groups is 1. The van der Waals surface area contributed by atoms with Gasteiger partial charge < -0.3 is 10.2 Å². The highest BCUT2D eigenvalue weighted by atomic mass is 32.2. The lowest BCUT2D eigenvalue weighted by Gasteiger charge is -2.33. The molecule has 212 valence electrons. The number of piperidine rings is 1. The molecule has 0 saturated carbocycles. The van der Waals surface area contributed by atoms with Crippen LogP contribution in [0.2, 0.25) is 0 Å². The number of benzene rings is 2. The molecule has 2 aromatic carbocycles. The number of nitro benzene ring substituents is 1. The molecule has 13 heteroatoms. The van der Waals surface area contributed by atoms with Crippen molar-refractivity contribution in [3.8, 4) is 11.3 Å². The van der Waals surface area contributed by atoms with E-state index in [0.717, 1.165) is 12.8 Å². The number of hydrogen-bond acceptors (Lipinski definition) is 9. The molecule has 1 N–H and O–H groups in total. The van der Waals surface area contributed by atoms with E-state index >= 15 is 0 Å². The number of hydrogen-bond donors (Lipinski definition) is 1. The topological polar surface area (TPSA) is 153 Å². The first-order valence-corrected chi connectivity index (χ1v) is 14.6. The molecule has 0 radical (unpaired) electrons. The number of rotatable bonds is 7. The molecular formula is C29H25N7O5S. The number of nitro groups is 1. The van der Waals surface area contributed by atoms with Crippen LogP contribution >= 0.6 is 0 Å². The Bertz CT molecular complexity index is 1890. The maximum atomic E-state index is 13.1. The van der Waals surface area contributed by atoms with E-state index in [2.05, 4.69) is 20.3 Å². The maximum absolute atomic E-state index is 13.1. The van der Waals surface area contributed by atoms with E-state index in [-0.39, 0.29) is 22.5 Å². The molecule has 6 rings (SSSR count). The van der Waals surface area contributed by atoms with E-state index in [0.29, 0.717) is 46.8 Å². The standard InChI is InChI=1S/C29H25N7O5S/c37-29(20-8-10-24(11-9-20)36(38)39)34-13-4-5-23(18-34)33-27-16-26(31-19-32-27)22-15-21-12-14-35(28(21)30-17-22)42(40,41)25-6-2-1-3-7-25/h1-3,6-12,14-17,19,23H,4-5,13,18H2,(H,31,32,33). The molecule has 1 aliphatic heterocycles. The van der Waals surface area contributed by atoms with Crippen molar-refractivity contribution in [3.05, 3.63) is 107 Å². The number of aromatic nitrogens is 4. The first-order chi connectivity index (χ1) is 20.3. The minimum Gasteiger partial charge on any atom is -0.365 e. The second kappa shape index (κ2) is 11.0. The summed E-state index contributed by atoms with van der Waals surface area (Å²) in [7, 11) is -3.79. The van der Waals surface area contributed by atoms with Crippen LogP contribution in [0.5, 0.6) is 0 Å². The zero-order chi connectivity index (χ0) is 29.3. The summed E-state index contributed by atoms with van der Waals surface area (Å²) in [4.78, 5) is 38.6. The molecule has 1 atom stereocenters. The van der Waals surface area contributed by atoms with Gasteiger partial charge in [-0.05, 0) is 49.2 Å². The van der Waals surface area contributed by atoms with Gasteiger partial charge in [0.25, 0.3) is 21.6 Å². The summed E-state index contributed by atoms with van der Waals surface area (Å²) < 4.78 is 27.4. The van der Waals surface area contributed by atoms with Gasteiger partial charge in [0.15, 0.2) is 5.65 Å². The van der Waals surface area contributed by atoms with Crippen LogP contribution in [0.3, 0.4) is 0 Å². The van der Waals surface area contributed by atoms with E-state index in [1.54, 1.807) is 53.6 Å². The molecule has 1 aliphatic rings. The predicted octanol–water partition coefficient (Wildman–Crippen LogP) is 4.36. The van der Waals surface area contributed by atoms with Gasteiger partial charge in [0.1, 0.15) is 12.1 Å². The minimum absolute atomic E-state index is 0.0543. The Balaban J connectivity index is 1.18. The fraction of sp³-hybridized carbons (Fsp3) is 0.172. The number of non-ortho nitro benzene ring substituents is 1. The Morgan fingerprint density at radius 1 is 1.00 bits per heavy atom. The number of amides is 1. The van der Waals surface area contributed by atoms with E-state index < -0.39 is 14.9 Å². The second-order valence-electron chi connectivity index (χ2n) is 9.89. The van der Waals surface area contributed by atoms with Gasteiger partial charge in [-0.15, -0.1) is 0 Å². The zero-order valence-electron chi connectivity index (χ0n) is 22.2. The first-order valence-electron chi connectivity index (χ1n) is 13.2. The Labute approximate surface area is 240 Å². The third-order valence-corrected chi connectivity index (χ3v) is 8.82. The molecular weight excluding hydrogens is 558 g/mol. The quantitative estimate of drug-likeness (QED) is 0.217. The van der Waals surface area contributed by atoms with Gasteiger partial charge >= 0.3 is 0 Å². The average molecular weight is 584 g/mol. The average Bonchev–Trinajstić information content (AvgIpc) is 3.46. The van der Waals surface area contributed by atoms with E-state index in [4.69, 9.17) is 0 Å². The molecule has 0 aliphatic carbocycles. The van der Waals surface area contributed by atoms with Gasteiger partial charge in [0.05, 0.1) is 15.5 Å². The van der Waals surface area contributed by atoms with Crippen LogP contribution < -0.4 is 5.32 Å². The first kappa shape index (κ1) is 27.0. The highest BCUT2D eigenvalue weighted by Gasteiger charge is 2.25. The van der Waals surface area contributed by atoms with Crippen molar-refractivity contribution in [1.82, 2.24) is 23.8 Å². The van der Waals surface area contributed by atoms with E-state index in [1.807, 2.05) is 6.07 Å². The van der Waals surface area contributed by atoms with E-state index in [9.17, 15) is 23.3 Å². The summed E-state index contributed by atoms with van der Waals surface area (Å²) in [5, 5.41) is 15.0. The molecule has 1 amide bonds. The summed E-state index contributed by atoms with van der Waals surface area (Å²) in [6.07, 6.45) is 6.13. The van der Waals surface area contributed by atoms with Crippen molar-refractivity contribution in [3.63, 3.8) is 0 Å². The summed E-state index contributed by atoms with van der Waals surface area (Å²) in [6, 6.07) is 19.1. The van der Waals surface area contributed by atoms with Crippen LogP contribution in [0, 0.1) is 10.1 Å². The largest absolute Gasteiger partial charge is 0.365 e. The minimum atomic E-state index is -3.79. The third-order valence-electron chi connectivity index (χ3n) is 7.14. The van der Waals surface area contributed by atoms with Crippen molar-refractivity contribution in [2.75, 3.05) is 18.4 Å². The Kier molecular flexibility index (Phi) is 7.08. The summed E-state index contributed by atoms with van der Waals surface area (Å²) >= 11 is 0. The summed E-state index contributed by atoms with van der Waals surface area (Å²) in [6.45, 7) is 1.04. The number of pyridine rings is 1. The van der Waals surface area contributed by atoms with Crippen LogP contribution in [-0.4, -0.2) is 62.2 Å². The molecule has 5 aromatic rings. The fourth-order valence-corrected chi connectivity index (χ4v) is 6.36. The normalized spacial score (nSPS) is 15.4. The number of fused-ring (bicyclic) bond motifs is 1. The molecule has 42 heavy (non-hydrogen) atoms.